The molecule has 4 nitrogen and oxygen atoms in total. The van der Waals surface area contributed by atoms with E-state index < -0.39 is 0 Å². The first-order valence-electron chi connectivity index (χ1n) is 5.66. The summed E-state index contributed by atoms with van der Waals surface area (Å²) in [6.45, 7) is 0.500. The van der Waals surface area contributed by atoms with Crippen LogP contribution in [0.5, 0.6) is 0 Å². The average molecular weight is 240 g/mol. The summed E-state index contributed by atoms with van der Waals surface area (Å²) >= 11 is 0. The van der Waals surface area contributed by atoms with E-state index >= 15 is 0 Å². The van der Waals surface area contributed by atoms with E-state index in [9.17, 15) is 0 Å². The number of furan rings is 1. The molecule has 0 aliphatic heterocycles. The fourth-order valence-electron chi connectivity index (χ4n) is 1.73. The van der Waals surface area contributed by atoms with E-state index in [1.54, 1.807) is 12.3 Å². The quantitative estimate of drug-likeness (QED) is 0.764. The number of fused-ring (bicyclic) bond motifs is 1. The molecular weight excluding hydrogens is 228 g/mol. The van der Waals surface area contributed by atoms with Crippen molar-refractivity contribution in [2.24, 2.45) is 5.73 Å². The number of oxazole rings is 1. The predicted molar refractivity (Wildman–Crippen MR) is 69.5 cm³/mol. The van der Waals surface area contributed by atoms with Gasteiger partial charge in [0.2, 0.25) is 5.89 Å². The highest BCUT2D eigenvalue weighted by Gasteiger charge is 2.03. The van der Waals surface area contributed by atoms with Gasteiger partial charge in [-0.3, -0.25) is 0 Å². The number of benzene rings is 1. The van der Waals surface area contributed by atoms with E-state index in [0.29, 0.717) is 12.4 Å². The van der Waals surface area contributed by atoms with E-state index in [2.05, 4.69) is 4.98 Å². The zero-order chi connectivity index (χ0) is 12.4. The Bertz CT molecular complexity index is 681. The predicted octanol–water partition coefficient (Wildman–Crippen LogP) is 3.05. The highest BCUT2D eigenvalue weighted by Crippen LogP contribution is 2.18. The number of aromatic nitrogens is 1. The van der Waals surface area contributed by atoms with Gasteiger partial charge in [0.1, 0.15) is 11.3 Å². The van der Waals surface area contributed by atoms with Gasteiger partial charge in [-0.2, -0.15) is 0 Å². The molecule has 0 bridgehead atoms. The van der Waals surface area contributed by atoms with Crippen molar-refractivity contribution in [2.75, 3.05) is 0 Å². The Labute approximate surface area is 104 Å². The van der Waals surface area contributed by atoms with Gasteiger partial charge >= 0.3 is 0 Å². The van der Waals surface area contributed by atoms with Gasteiger partial charge in [-0.05, 0) is 35.9 Å². The Balaban J connectivity index is 1.93. The van der Waals surface area contributed by atoms with Crippen molar-refractivity contribution in [2.45, 2.75) is 6.54 Å². The van der Waals surface area contributed by atoms with Crippen molar-refractivity contribution in [3.05, 3.63) is 53.8 Å². The summed E-state index contributed by atoms with van der Waals surface area (Å²) in [7, 11) is 0. The zero-order valence-corrected chi connectivity index (χ0v) is 9.67. The highest BCUT2D eigenvalue weighted by atomic mass is 16.3. The molecule has 1 aromatic carbocycles. The Morgan fingerprint density at radius 1 is 1.22 bits per heavy atom. The third-order valence-corrected chi connectivity index (χ3v) is 2.64. The Hall–Kier alpha value is -2.33. The van der Waals surface area contributed by atoms with Gasteiger partial charge < -0.3 is 14.6 Å². The molecule has 0 saturated heterocycles. The second-order valence-corrected chi connectivity index (χ2v) is 3.91. The molecule has 3 aromatic rings. The molecule has 0 radical (unpaired) electrons. The molecule has 0 aliphatic carbocycles. The van der Waals surface area contributed by atoms with Crippen molar-refractivity contribution in [1.82, 2.24) is 4.98 Å². The molecule has 2 N–H and O–H groups in total. The van der Waals surface area contributed by atoms with Crippen LogP contribution in [0.1, 0.15) is 17.2 Å². The van der Waals surface area contributed by atoms with Crippen molar-refractivity contribution in [3.8, 4) is 0 Å². The molecule has 0 atom stereocenters. The maximum Gasteiger partial charge on any atom is 0.220 e. The lowest BCUT2D eigenvalue weighted by atomic mass is 10.2. The molecule has 2 heterocycles. The normalized spacial score (nSPS) is 11.6. The maximum atomic E-state index is 5.59. The summed E-state index contributed by atoms with van der Waals surface area (Å²) in [5, 5.41) is 0. The fraction of sp³-hybridized carbons (Fsp3) is 0.0714. The van der Waals surface area contributed by atoms with E-state index in [1.807, 2.05) is 36.4 Å². The van der Waals surface area contributed by atoms with Gasteiger partial charge in [-0.25, -0.2) is 4.98 Å². The van der Waals surface area contributed by atoms with Crippen molar-refractivity contribution < 1.29 is 8.83 Å². The van der Waals surface area contributed by atoms with Crippen LogP contribution in [-0.2, 0) is 6.54 Å². The van der Waals surface area contributed by atoms with Crippen LogP contribution in [0.25, 0.3) is 23.3 Å². The third-order valence-electron chi connectivity index (χ3n) is 2.64. The van der Waals surface area contributed by atoms with Crippen LogP contribution in [0.2, 0.25) is 0 Å². The monoisotopic (exact) mass is 240 g/mol. The van der Waals surface area contributed by atoms with Crippen LogP contribution in [0.3, 0.4) is 0 Å². The van der Waals surface area contributed by atoms with Crippen molar-refractivity contribution >= 4 is 23.3 Å². The van der Waals surface area contributed by atoms with Crippen LogP contribution in [-0.4, -0.2) is 4.98 Å². The molecule has 0 saturated carbocycles. The van der Waals surface area contributed by atoms with Gasteiger partial charge in [0.25, 0.3) is 0 Å². The fourth-order valence-corrected chi connectivity index (χ4v) is 1.73. The standard InChI is InChI=1S/C14H12N2O2/c15-9-10-3-5-13-12(8-10)16-14(18-13)6-4-11-2-1-7-17-11/h1-8H,9,15H2/b6-4-. The molecule has 4 heteroatoms. The summed E-state index contributed by atoms with van der Waals surface area (Å²) in [5.74, 6) is 1.32. The third kappa shape index (κ3) is 2.06. The van der Waals surface area contributed by atoms with Crippen molar-refractivity contribution in [3.63, 3.8) is 0 Å². The first-order chi connectivity index (χ1) is 8.85. The molecule has 0 unspecified atom stereocenters. The van der Waals surface area contributed by atoms with E-state index in [0.717, 1.165) is 22.4 Å². The van der Waals surface area contributed by atoms with Gasteiger partial charge in [-0.15, -0.1) is 0 Å². The Kier molecular flexibility index (Phi) is 2.70. The van der Waals surface area contributed by atoms with Gasteiger partial charge in [0, 0.05) is 12.6 Å². The number of nitrogens with two attached hydrogens (primary N) is 1. The summed E-state index contributed by atoms with van der Waals surface area (Å²) < 4.78 is 10.8. The minimum absolute atomic E-state index is 0.500. The first kappa shape index (κ1) is 10.8. The minimum atomic E-state index is 0.500. The van der Waals surface area contributed by atoms with Crippen LogP contribution in [0, 0.1) is 0 Å². The average Bonchev–Trinajstić information content (AvgIpc) is 3.04. The molecule has 0 aliphatic rings. The summed E-state index contributed by atoms with van der Waals surface area (Å²) in [4.78, 5) is 4.37. The van der Waals surface area contributed by atoms with Crippen LogP contribution in [0.15, 0.2) is 45.4 Å². The largest absolute Gasteiger partial charge is 0.465 e. The Morgan fingerprint density at radius 3 is 2.94 bits per heavy atom. The van der Waals surface area contributed by atoms with Crippen LogP contribution >= 0.6 is 0 Å². The molecular formula is C14H12N2O2. The Morgan fingerprint density at radius 2 is 2.17 bits per heavy atom. The van der Waals surface area contributed by atoms with E-state index in [1.165, 1.54) is 0 Å². The van der Waals surface area contributed by atoms with E-state index in [4.69, 9.17) is 14.6 Å². The molecule has 18 heavy (non-hydrogen) atoms. The molecule has 2 aromatic heterocycles. The number of nitrogens with zero attached hydrogens (tertiary/aromatic N) is 1. The SMILES string of the molecule is NCc1ccc2oc(/C=C\c3ccco3)nc2c1. The molecule has 0 fully saturated rings. The molecule has 90 valence electrons. The number of rotatable bonds is 3. The summed E-state index contributed by atoms with van der Waals surface area (Å²) in [6, 6.07) is 9.45. The number of hydrogen-bond donors (Lipinski definition) is 1. The van der Waals surface area contributed by atoms with Gasteiger partial charge in [0.15, 0.2) is 5.58 Å². The topological polar surface area (TPSA) is 65.2 Å². The lowest BCUT2D eigenvalue weighted by Crippen LogP contribution is -1.94. The minimum Gasteiger partial charge on any atom is -0.465 e. The van der Waals surface area contributed by atoms with Gasteiger partial charge in [-0.1, -0.05) is 6.07 Å². The second kappa shape index (κ2) is 4.50. The second-order valence-electron chi connectivity index (χ2n) is 3.91. The molecule has 0 spiro atoms. The lowest BCUT2D eigenvalue weighted by molar-refractivity contribution is 0.556. The zero-order valence-electron chi connectivity index (χ0n) is 9.67. The summed E-state index contributed by atoms with van der Waals surface area (Å²) in [6.07, 6.45) is 5.22. The highest BCUT2D eigenvalue weighted by molar-refractivity contribution is 5.76. The summed E-state index contributed by atoms with van der Waals surface area (Å²) in [5.41, 5.74) is 8.20. The molecule has 0 amide bonds. The van der Waals surface area contributed by atoms with Gasteiger partial charge in [0.05, 0.1) is 6.26 Å². The molecule has 3 rings (SSSR count). The maximum absolute atomic E-state index is 5.59. The smallest absolute Gasteiger partial charge is 0.220 e. The number of hydrogen-bond acceptors (Lipinski definition) is 4. The van der Waals surface area contributed by atoms with E-state index in [-0.39, 0.29) is 0 Å². The first-order valence-corrected chi connectivity index (χ1v) is 5.66. The van der Waals surface area contributed by atoms with Crippen molar-refractivity contribution in [1.29, 1.82) is 0 Å². The van der Waals surface area contributed by atoms with Crippen LogP contribution in [0.4, 0.5) is 0 Å². The lowest BCUT2D eigenvalue weighted by Gasteiger charge is -1.92. The van der Waals surface area contributed by atoms with Crippen LogP contribution < -0.4 is 5.73 Å².